The Balaban J connectivity index is 1.76. The Kier molecular flexibility index (Phi) is 3.65. The van der Waals surface area contributed by atoms with E-state index in [0.29, 0.717) is 23.9 Å². The zero-order valence-electron chi connectivity index (χ0n) is 13.7. The van der Waals surface area contributed by atoms with Gasteiger partial charge in [-0.15, -0.1) is 0 Å². The average molecular weight is 324 g/mol. The number of piperidine rings is 1. The van der Waals surface area contributed by atoms with Crippen molar-refractivity contribution in [3.8, 4) is 11.1 Å². The lowest BCUT2D eigenvalue weighted by Gasteiger charge is -2.28. The molecule has 1 aliphatic carbocycles. The monoisotopic (exact) mass is 324 g/mol. The number of nitrogens with two attached hydrogens (primary N) is 1. The van der Waals surface area contributed by atoms with Crippen LogP contribution in [0.1, 0.15) is 22.3 Å². The molecule has 0 aromatic heterocycles. The van der Waals surface area contributed by atoms with Crippen molar-refractivity contribution in [2.45, 2.75) is 19.4 Å². The summed E-state index contributed by atoms with van der Waals surface area (Å²) in [6.07, 6.45) is 1.19. The van der Waals surface area contributed by atoms with Gasteiger partial charge in [0.1, 0.15) is 5.82 Å². The number of rotatable bonds is 3. The average Bonchev–Trinajstić information content (AvgIpc) is 3.25. The largest absolute Gasteiger partial charge is 0.334 e. The second-order valence-corrected chi connectivity index (χ2v) is 6.93. The number of fused-ring (bicyclic) bond motifs is 1. The molecule has 4 heteroatoms. The summed E-state index contributed by atoms with van der Waals surface area (Å²) in [4.78, 5) is 15.1. The Bertz CT molecular complexity index is 804. The number of hydrogen-bond acceptors (Lipinski definition) is 2. The summed E-state index contributed by atoms with van der Waals surface area (Å²) >= 11 is 0. The highest BCUT2D eigenvalue weighted by Gasteiger charge is 2.53. The molecule has 2 fully saturated rings. The molecule has 1 heterocycles. The van der Waals surface area contributed by atoms with Gasteiger partial charge in [-0.1, -0.05) is 24.3 Å². The van der Waals surface area contributed by atoms with E-state index in [-0.39, 0.29) is 17.8 Å². The number of benzene rings is 2. The SMILES string of the molecule is Cc1cccc(C(=O)N2C[C@H]3C[C@H]3[C@H]2CN)c1-c1cccc(F)c1. The third kappa shape index (κ3) is 2.42. The number of amides is 1. The quantitative estimate of drug-likeness (QED) is 0.942. The van der Waals surface area contributed by atoms with Gasteiger partial charge in [-0.3, -0.25) is 4.79 Å². The van der Waals surface area contributed by atoms with E-state index in [4.69, 9.17) is 5.73 Å². The Hall–Kier alpha value is -2.20. The molecule has 2 aliphatic rings. The van der Waals surface area contributed by atoms with Crippen LogP contribution in [0.25, 0.3) is 11.1 Å². The van der Waals surface area contributed by atoms with E-state index in [1.165, 1.54) is 18.6 Å². The van der Waals surface area contributed by atoms with Crippen molar-refractivity contribution in [3.05, 3.63) is 59.4 Å². The molecule has 1 amide bonds. The summed E-state index contributed by atoms with van der Waals surface area (Å²) in [5, 5.41) is 0. The summed E-state index contributed by atoms with van der Waals surface area (Å²) in [7, 11) is 0. The van der Waals surface area contributed by atoms with E-state index in [1.54, 1.807) is 6.07 Å². The standard InChI is InChI=1S/C20H21FN2O/c1-12-4-2-7-16(19(12)13-5-3-6-15(21)8-13)20(24)23-11-14-9-17(14)18(23)10-22/h2-8,14,17-18H,9-11,22H2,1H3/t14-,17-,18-/m1/s1. The normalized spacial score (nSPS) is 24.8. The lowest BCUT2D eigenvalue weighted by molar-refractivity contribution is 0.0713. The van der Waals surface area contributed by atoms with Crippen molar-refractivity contribution < 1.29 is 9.18 Å². The molecule has 1 saturated carbocycles. The minimum absolute atomic E-state index is 0.0145. The predicted molar refractivity (Wildman–Crippen MR) is 92.0 cm³/mol. The van der Waals surface area contributed by atoms with Gasteiger partial charge >= 0.3 is 0 Å². The van der Waals surface area contributed by atoms with Crippen molar-refractivity contribution in [2.24, 2.45) is 17.6 Å². The first-order chi connectivity index (χ1) is 11.6. The maximum absolute atomic E-state index is 13.7. The van der Waals surface area contributed by atoms with Crippen LogP contribution in [0.15, 0.2) is 42.5 Å². The molecule has 2 aromatic carbocycles. The number of hydrogen-bond donors (Lipinski definition) is 1. The molecule has 0 spiro atoms. The molecule has 2 N–H and O–H groups in total. The Morgan fingerprint density at radius 2 is 2.08 bits per heavy atom. The van der Waals surface area contributed by atoms with E-state index in [9.17, 15) is 9.18 Å². The van der Waals surface area contributed by atoms with Gasteiger partial charge in [-0.05, 0) is 60.1 Å². The highest BCUT2D eigenvalue weighted by Crippen LogP contribution is 2.49. The van der Waals surface area contributed by atoms with E-state index in [0.717, 1.165) is 23.2 Å². The van der Waals surface area contributed by atoms with Crippen molar-refractivity contribution in [1.29, 1.82) is 0 Å². The lowest BCUT2D eigenvalue weighted by atomic mass is 9.94. The lowest BCUT2D eigenvalue weighted by Crippen LogP contribution is -2.43. The van der Waals surface area contributed by atoms with Gasteiger partial charge in [0.25, 0.3) is 5.91 Å². The molecular formula is C20H21FN2O. The van der Waals surface area contributed by atoms with Crippen LogP contribution >= 0.6 is 0 Å². The third-order valence-electron chi connectivity index (χ3n) is 5.42. The second-order valence-electron chi connectivity index (χ2n) is 6.93. The van der Waals surface area contributed by atoms with Crippen LogP contribution in [-0.4, -0.2) is 29.9 Å². The number of carbonyl (C=O) groups is 1. The smallest absolute Gasteiger partial charge is 0.254 e. The molecule has 24 heavy (non-hydrogen) atoms. The number of carbonyl (C=O) groups excluding carboxylic acids is 1. The van der Waals surface area contributed by atoms with Crippen LogP contribution in [0.2, 0.25) is 0 Å². The van der Waals surface area contributed by atoms with Crippen molar-refractivity contribution in [3.63, 3.8) is 0 Å². The van der Waals surface area contributed by atoms with Crippen LogP contribution in [0.4, 0.5) is 4.39 Å². The number of likely N-dealkylation sites (tertiary alicyclic amines) is 1. The fourth-order valence-electron chi connectivity index (χ4n) is 4.13. The van der Waals surface area contributed by atoms with Crippen LogP contribution < -0.4 is 5.73 Å². The van der Waals surface area contributed by atoms with Gasteiger partial charge in [0.15, 0.2) is 0 Å². The number of halogens is 1. The first-order valence-corrected chi connectivity index (χ1v) is 8.46. The zero-order valence-corrected chi connectivity index (χ0v) is 13.7. The molecule has 3 atom stereocenters. The fraction of sp³-hybridized carbons (Fsp3) is 0.350. The van der Waals surface area contributed by atoms with Gasteiger partial charge in [0.05, 0.1) is 0 Å². The molecule has 1 saturated heterocycles. The van der Waals surface area contributed by atoms with Gasteiger partial charge in [-0.25, -0.2) is 4.39 Å². The van der Waals surface area contributed by atoms with E-state index >= 15 is 0 Å². The minimum Gasteiger partial charge on any atom is -0.334 e. The highest BCUT2D eigenvalue weighted by molar-refractivity contribution is 6.02. The summed E-state index contributed by atoms with van der Waals surface area (Å²) in [6.45, 7) is 3.26. The summed E-state index contributed by atoms with van der Waals surface area (Å²) < 4.78 is 13.7. The fourth-order valence-corrected chi connectivity index (χ4v) is 4.13. The van der Waals surface area contributed by atoms with Crippen molar-refractivity contribution >= 4 is 5.91 Å². The van der Waals surface area contributed by atoms with Gasteiger partial charge < -0.3 is 10.6 Å². The van der Waals surface area contributed by atoms with E-state index in [2.05, 4.69) is 0 Å². The molecular weight excluding hydrogens is 303 g/mol. The second kappa shape index (κ2) is 5.71. The van der Waals surface area contributed by atoms with Crippen LogP contribution in [0.3, 0.4) is 0 Å². The molecule has 0 radical (unpaired) electrons. The molecule has 1 aliphatic heterocycles. The summed E-state index contributed by atoms with van der Waals surface area (Å²) in [5.41, 5.74) is 9.08. The third-order valence-corrected chi connectivity index (χ3v) is 5.42. The number of aryl methyl sites for hydroxylation is 1. The topological polar surface area (TPSA) is 46.3 Å². The predicted octanol–water partition coefficient (Wildman–Crippen LogP) is 3.22. The van der Waals surface area contributed by atoms with Gasteiger partial charge in [0.2, 0.25) is 0 Å². The van der Waals surface area contributed by atoms with Crippen molar-refractivity contribution in [2.75, 3.05) is 13.1 Å². The maximum Gasteiger partial charge on any atom is 0.254 e. The molecule has 0 unspecified atom stereocenters. The summed E-state index contributed by atoms with van der Waals surface area (Å²) in [5.74, 6) is 0.906. The number of nitrogens with zero attached hydrogens (tertiary/aromatic N) is 1. The molecule has 2 aromatic rings. The molecule has 0 bridgehead atoms. The Labute approximate surface area is 141 Å². The van der Waals surface area contributed by atoms with E-state index < -0.39 is 0 Å². The Morgan fingerprint density at radius 1 is 1.29 bits per heavy atom. The van der Waals surface area contributed by atoms with Gasteiger partial charge in [-0.2, -0.15) is 0 Å². The van der Waals surface area contributed by atoms with Gasteiger partial charge in [0, 0.05) is 24.7 Å². The maximum atomic E-state index is 13.7. The molecule has 3 nitrogen and oxygen atoms in total. The molecule has 4 rings (SSSR count). The van der Waals surface area contributed by atoms with E-state index in [1.807, 2.05) is 36.1 Å². The van der Waals surface area contributed by atoms with Crippen LogP contribution in [0.5, 0.6) is 0 Å². The minimum atomic E-state index is -0.295. The first-order valence-electron chi connectivity index (χ1n) is 8.46. The van der Waals surface area contributed by atoms with Crippen LogP contribution in [0, 0.1) is 24.6 Å². The zero-order chi connectivity index (χ0) is 16.8. The van der Waals surface area contributed by atoms with Crippen LogP contribution in [-0.2, 0) is 0 Å². The Morgan fingerprint density at radius 3 is 2.83 bits per heavy atom. The highest BCUT2D eigenvalue weighted by atomic mass is 19.1. The summed E-state index contributed by atoms with van der Waals surface area (Å²) in [6, 6.07) is 12.3. The van der Waals surface area contributed by atoms with Crippen molar-refractivity contribution in [1.82, 2.24) is 4.90 Å². The molecule has 124 valence electrons. The first kappa shape index (κ1) is 15.3.